The van der Waals surface area contributed by atoms with E-state index in [-0.39, 0.29) is 0 Å². The highest BCUT2D eigenvalue weighted by Crippen LogP contribution is 2.34. The predicted molar refractivity (Wildman–Crippen MR) is 113 cm³/mol. The number of rotatable bonds is 10. The Bertz CT molecular complexity index is 834. The second-order valence-corrected chi connectivity index (χ2v) is 6.69. The van der Waals surface area contributed by atoms with Gasteiger partial charge in [-0.1, -0.05) is 25.6 Å². The van der Waals surface area contributed by atoms with Gasteiger partial charge >= 0.3 is 0 Å². The van der Waals surface area contributed by atoms with Gasteiger partial charge in [-0.15, -0.1) is 0 Å². The van der Waals surface area contributed by atoms with Crippen LogP contribution in [-0.4, -0.2) is 61.5 Å². The van der Waals surface area contributed by atoms with E-state index in [2.05, 4.69) is 40.1 Å². The summed E-state index contributed by atoms with van der Waals surface area (Å²) in [7, 11) is 3.17. The lowest BCUT2D eigenvalue weighted by molar-refractivity contribution is 0.316. The zero-order valence-corrected chi connectivity index (χ0v) is 17.9. The first-order valence-corrected chi connectivity index (χ1v) is 10.4. The SMILES string of the molecule is CCN(CC)CCNc1nc(SC)nc(-c2ccc(OC)c(OC)c2)c1C#N. The van der Waals surface area contributed by atoms with Crippen molar-refractivity contribution in [3.63, 3.8) is 0 Å². The van der Waals surface area contributed by atoms with E-state index in [1.807, 2.05) is 24.5 Å². The minimum absolute atomic E-state index is 0.421. The minimum atomic E-state index is 0.421. The lowest BCUT2D eigenvalue weighted by atomic mass is 10.1. The van der Waals surface area contributed by atoms with Gasteiger partial charge in [-0.05, 0) is 37.5 Å². The predicted octanol–water partition coefficient (Wildman–Crippen LogP) is 3.51. The molecule has 0 spiro atoms. The quantitative estimate of drug-likeness (QED) is 0.478. The van der Waals surface area contributed by atoms with Crippen LogP contribution in [0.1, 0.15) is 19.4 Å². The van der Waals surface area contributed by atoms with Gasteiger partial charge in [0.15, 0.2) is 16.7 Å². The smallest absolute Gasteiger partial charge is 0.189 e. The molecular formula is C20H27N5O2S. The molecule has 150 valence electrons. The summed E-state index contributed by atoms with van der Waals surface area (Å²) in [6.45, 7) is 7.82. The van der Waals surface area contributed by atoms with E-state index in [1.54, 1.807) is 14.2 Å². The number of hydrogen-bond donors (Lipinski definition) is 1. The average Bonchev–Trinajstić information content (AvgIpc) is 2.75. The normalized spacial score (nSPS) is 10.6. The zero-order valence-electron chi connectivity index (χ0n) is 17.1. The Morgan fingerprint density at radius 3 is 2.43 bits per heavy atom. The maximum absolute atomic E-state index is 9.81. The summed E-state index contributed by atoms with van der Waals surface area (Å²) in [5, 5.41) is 13.7. The van der Waals surface area contributed by atoms with Gasteiger partial charge in [-0.25, -0.2) is 9.97 Å². The van der Waals surface area contributed by atoms with Gasteiger partial charge in [0.2, 0.25) is 0 Å². The van der Waals surface area contributed by atoms with Crippen LogP contribution in [0.4, 0.5) is 5.82 Å². The number of nitriles is 1. The van der Waals surface area contributed by atoms with Gasteiger partial charge in [0.1, 0.15) is 17.5 Å². The lowest BCUT2D eigenvalue weighted by Gasteiger charge is -2.19. The molecule has 0 bridgehead atoms. The van der Waals surface area contributed by atoms with Crippen molar-refractivity contribution in [3.8, 4) is 28.8 Å². The fourth-order valence-corrected chi connectivity index (χ4v) is 3.20. The zero-order chi connectivity index (χ0) is 20.5. The Balaban J connectivity index is 2.43. The Hall–Kier alpha value is -2.50. The van der Waals surface area contributed by atoms with Crippen molar-refractivity contribution in [2.45, 2.75) is 19.0 Å². The number of likely N-dealkylation sites (N-methyl/N-ethyl adjacent to an activating group) is 1. The lowest BCUT2D eigenvalue weighted by Crippen LogP contribution is -2.29. The number of hydrogen-bond acceptors (Lipinski definition) is 8. The molecule has 1 N–H and O–H groups in total. The molecule has 28 heavy (non-hydrogen) atoms. The van der Waals surface area contributed by atoms with Crippen LogP contribution >= 0.6 is 11.8 Å². The van der Waals surface area contributed by atoms with Gasteiger partial charge in [0.05, 0.1) is 19.9 Å². The molecule has 0 saturated heterocycles. The molecule has 1 aromatic carbocycles. The molecule has 0 fully saturated rings. The summed E-state index contributed by atoms with van der Waals surface area (Å²) < 4.78 is 10.7. The Morgan fingerprint density at radius 1 is 1.14 bits per heavy atom. The molecule has 0 amide bonds. The van der Waals surface area contributed by atoms with Crippen LogP contribution < -0.4 is 14.8 Å². The number of thioether (sulfide) groups is 1. The summed E-state index contributed by atoms with van der Waals surface area (Å²) in [4.78, 5) is 11.4. The molecule has 0 aliphatic carbocycles. The summed E-state index contributed by atoms with van der Waals surface area (Å²) in [6, 6.07) is 7.77. The average molecular weight is 402 g/mol. The van der Waals surface area contributed by atoms with E-state index < -0.39 is 0 Å². The third-order valence-corrected chi connectivity index (χ3v) is 5.00. The number of anilines is 1. The summed E-state index contributed by atoms with van der Waals surface area (Å²) >= 11 is 1.44. The Morgan fingerprint density at radius 2 is 1.86 bits per heavy atom. The van der Waals surface area contributed by atoms with Crippen molar-refractivity contribution in [2.75, 3.05) is 52.0 Å². The van der Waals surface area contributed by atoms with E-state index in [0.29, 0.717) is 40.3 Å². The molecule has 2 rings (SSSR count). The fourth-order valence-electron chi connectivity index (χ4n) is 2.83. The van der Waals surface area contributed by atoms with Crippen molar-refractivity contribution in [1.82, 2.24) is 14.9 Å². The van der Waals surface area contributed by atoms with Gasteiger partial charge < -0.3 is 19.7 Å². The molecule has 1 aromatic heterocycles. The summed E-state index contributed by atoms with van der Waals surface area (Å²) in [5.41, 5.74) is 1.77. The molecule has 0 aliphatic heterocycles. The Labute approximate surface area is 171 Å². The molecule has 0 atom stereocenters. The first kappa shape index (κ1) is 21.8. The third-order valence-electron chi connectivity index (χ3n) is 4.45. The molecule has 0 radical (unpaired) electrons. The van der Waals surface area contributed by atoms with Gasteiger partial charge in [-0.2, -0.15) is 5.26 Å². The van der Waals surface area contributed by atoms with Crippen molar-refractivity contribution in [2.24, 2.45) is 0 Å². The fraction of sp³-hybridized carbons (Fsp3) is 0.450. The van der Waals surface area contributed by atoms with Crippen LogP contribution in [0.25, 0.3) is 11.3 Å². The topological polar surface area (TPSA) is 83.3 Å². The van der Waals surface area contributed by atoms with Crippen molar-refractivity contribution in [1.29, 1.82) is 5.26 Å². The first-order chi connectivity index (χ1) is 13.6. The standard InChI is InChI=1S/C20H27N5O2S/c1-6-25(7-2)11-10-22-19-15(13-21)18(23-20(24-19)28-5)14-8-9-16(26-3)17(12-14)27-4/h8-9,12H,6-7,10-11H2,1-5H3,(H,22,23,24). The van der Waals surface area contributed by atoms with Crippen LogP contribution in [0.3, 0.4) is 0 Å². The van der Waals surface area contributed by atoms with Crippen LogP contribution in [0.15, 0.2) is 23.4 Å². The maximum atomic E-state index is 9.81. The minimum Gasteiger partial charge on any atom is -0.493 e. The molecule has 7 nitrogen and oxygen atoms in total. The van der Waals surface area contributed by atoms with Gasteiger partial charge in [0, 0.05) is 18.7 Å². The maximum Gasteiger partial charge on any atom is 0.189 e. The summed E-state index contributed by atoms with van der Waals surface area (Å²) in [6.07, 6.45) is 1.92. The van der Waals surface area contributed by atoms with E-state index in [1.165, 1.54) is 11.8 Å². The Kier molecular flexibility index (Phi) is 8.36. The van der Waals surface area contributed by atoms with Crippen LogP contribution in [0.5, 0.6) is 11.5 Å². The van der Waals surface area contributed by atoms with Crippen molar-refractivity contribution < 1.29 is 9.47 Å². The largest absolute Gasteiger partial charge is 0.493 e. The van der Waals surface area contributed by atoms with Crippen LogP contribution in [-0.2, 0) is 0 Å². The number of ether oxygens (including phenoxy) is 2. The van der Waals surface area contributed by atoms with Crippen LogP contribution in [0.2, 0.25) is 0 Å². The van der Waals surface area contributed by atoms with Crippen molar-refractivity contribution in [3.05, 3.63) is 23.8 Å². The number of methoxy groups -OCH3 is 2. The number of benzene rings is 1. The molecule has 0 saturated carbocycles. The van der Waals surface area contributed by atoms with Gasteiger partial charge in [-0.3, -0.25) is 0 Å². The molecule has 0 aliphatic rings. The second kappa shape index (κ2) is 10.7. The molecule has 1 heterocycles. The number of nitrogens with zero attached hydrogens (tertiary/aromatic N) is 4. The highest BCUT2D eigenvalue weighted by molar-refractivity contribution is 7.98. The molecular weight excluding hydrogens is 374 g/mol. The number of aromatic nitrogens is 2. The third kappa shape index (κ3) is 5.06. The second-order valence-electron chi connectivity index (χ2n) is 5.92. The molecule has 0 unspecified atom stereocenters. The van der Waals surface area contributed by atoms with Crippen LogP contribution in [0, 0.1) is 11.3 Å². The van der Waals surface area contributed by atoms with E-state index >= 15 is 0 Å². The van der Waals surface area contributed by atoms with E-state index in [4.69, 9.17) is 9.47 Å². The summed E-state index contributed by atoms with van der Waals surface area (Å²) in [5.74, 6) is 1.77. The monoisotopic (exact) mass is 401 g/mol. The van der Waals surface area contributed by atoms with E-state index in [9.17, 15) is 5.26 Å². The molecule has 8 heteroatoms. The molecule has 2 aromatic rings. The van der Waals surface area contributed by atoms with E-state index in [0.717, 1.165) is 25.2 Å². The van der Waals surface area contributed by atoms with Gasteiger partial charge in [0.25, 0.3) is 0 Å². The first-order valence-electron chi connectivity index (χ1n) is 9.16. The number of nitrogens with one attached hydrogen (secondary N) is 1. The van der Waals surface area contributed by atoms with Crippen molar-refractivity contribution >= 4 is 17.6 Å². The highest BCUT2D eigenvalue weighted by atomic mass is 32.2. The highest BCUT2D eigenvalue weighted by Gasteiger charge is 2.17.